The lowest BCUT2D eigenvalue weighted by atomic mass is 10.2. The first-order chi connectivity index (χ1) is 12.2. The Hall–Kier alpha value is -2.56. The molecule has 1 fully saturated rings. The van der Waals surface area contributed by atoms with Crippen molar-refractivity contribution >= 4 is 23.0 Å². The Morgan fingerprint density at radius 1 is 1.12 bits per heavy atom. The molecular weight excluding hydrogens is 312 g/mol. The Balaban J connectivity index is 1.68. The summed E-state index contributed by atoms with van der Waals surface area (Å²) in [7, 11) is 0. The molecule has 132 valence electrons. The van der Waals surface area contributed by atoms with Gasteiger partial charge < -0.3 is 15.1 Å². The molecule has 1 aliphatic heterocycles. The van der Waals surface area contributed by atoms with Crippen LogP contribution < -0.4 is 15.1 Å². The third-order valence-electron chi connectivity index (χ3n) is 4.71. The van der Waals surface area contributed by atoms with Gasteiger partial charge in [-0.2, -0.15) is 0 Å². The fourth-order valence-corrected chi connectivity index (χ4v) is 3.25. The summed E-state index contributed by atoms with van der Waals surface area (Å²) in [5.41, 5.74) is 3.59. The van der Waals surface area contributed by atoms with Crippen LogP contribution in [0.15, 0.2) is 42.7 Å². The number of hydrogen-bond acceptors (Lipinski definition) is 4. The molecule has 0 atom stereocenters. The summed E-state index contributed by atoms with van der Waals surface area (Å²) in [6, 6.07) is 9.91. The monoisotopic (exact) mass is 338 g/mol. The molecule has 25 heavy (non-hydrogen) atoms. The smallest absolute Gasteiger partial charge is 0.257 e. The average Bonchev–Trinajstić information content (AvgIpc) is 3.19. The highest BCUT2D eigenvalue weighted by Gasteiger charge is 2.15. The van der Waals surface area contributed by atoms with Gasteiger partial charge >= 0.3 is 0 Å². The van der Waals surface area contributed by atoms with Gasteiger partial charge in [-0.1, -0.05) is 0 Å². The lowest BCUT2D eigenvalue weighted by molar-refractivity contribution is 0.102. The number of amides is 1. The zero-order valence-corrected chi connectivity index (χ0v) is 15.0. The lowest BCUT2D eigenvalue weighted by Gasteiger charge is -2.21. The number of nitrogens with one attached hydrogen (secondary N) is 1. The van der Waals surface area contributed by atoms with Gasteiger partial charge in [0.25, 0.3) is 5.91 Å². The molecule has 1 amide bonds. The van der Waals surface area contributed by atoms with E-state index in [0.717, 1.165) is 37.6 Å². The van der Waals surface area contributed by atoms with Crippen molar-refractivity contribution in [2.45, 2.75) is 26.7 Å². The van der Waals surface area contributed by atoms with Gasteiger partial charge in [0.15, 0.2) is 0 Å². The third-order valence-corrected chi connectivity index (χ3v) is 4.71. The minimum absolute atomic E-state index is 0.121. The molecule has 2 aromatic rings. The third kappa shape index (κ3) is 4.10. The molecule has 3 rings (SSSR count). The van der Waals surface area contributed by atoms with Crippen LogP contribution in [-0.4, -0.2) is 37.1 Å². The highest BCUT2D eigenvalue weighted by molar-refractivity contribution is 6.04. The Morgan fingerprint density at radius 2 is 1.80 bits per heavy atom. The van der Waals surface area contributed by atoms with Crippen molar-refractivity contribution in [3.8, 4) is 0 Å². The van der Waals surface area contributed by atoms with Crippen LogP contribution in [0.2, 0.25) is 0 Å². The van der Waals surface area contributed by atoms with Gasteiger partial charge in [0, 0.05) is 43.8 Å². The molecule has 0 radical (unpaired) electrons. The van der Waals surface area contributed by atoms with E-state index in [0.29, 0.717) is 5.56 Å². The Kier molecular flexibility index (Phi) is 5.53. The summed E-state index contributed by atoms with van der Waals surface area (Å²) >= 11 is 0. The zero-order valence-electron chi connectivity index (χ0n) is 15.0. The van der Waals surface area contributed by atoms with E-state index >= 15 is 0 Å². The van der Waals surface area contributed by atoms with Crippen LogP contribution in [0.3, 0.4) is 0 Å². The van der Waals surface area contributed by atoms with Crippen LogP contribution in [0.5, 0.6) is 0 Å². The topological polar surface area (TPSA) is 48.5 Å². The Labute approximate surface area is 149 Å². The maximum atomic E-state index is 12.5. The Bertz CT molecular complexity index is 704. The molecule has 5 nitrogen and oxygen atoms in total. The lowest BCUT2D eigenvalue weighted by Crippen LogP contribution is -2.21. The number of carbonyl (C=O) groups is 1. The van der Waals surface area contributed by atoms with Gasteiger partial charge in [0.1, 0.15) is 0 Å². The number of benzene rings is 1. The van der Waals surface area contributed by atoms with Crippen LogP contribution >= 0.6 is 0 Å². The number of hydrogen-bond donors (Lipinski definition) is 1. The van der Waals surface area contributed by atoms with Crippen molar-refractivity contribution < 1.29 is 4.79 Å². The van der Waals surface area contributed by atoms with Gasteiger partial charge in [-0.25, -0.2) is 0 Å². The molecule has 2 heterocycles. The van der Waals surface area contributed by atoms with Crippen LogP contribution in [-0.2, 0) is 0 Å². The fourth-order valence-electron chi connectivity index (χ4n) is 3.25. The van der Waals surface area contributed by atoms with Crippen molar-refractivity contribution in [1.29, 1.82) is 0 Å². The molecule has 0 unspecified atom stereocenters. The number of rotatable bonds is 6. The second-order valence-electron chi connectivity index (χ2n) is 6.30. The summed E-state index contributed by atoms with van der Waals surface area (Å²) in [6.45, 7) is 8.30. The number of carbonyl (C=O) groups excluding carboxylic acids is 1. The first-order valence-electron chi connectivity index (χ1n) is 9.07. The van der Waals surface area contributed by atoms with Crippen LogP contribution in [0.25, 0.3) is 0 Å². The van der Waals surface area contributed by atoms with E-state index in [9.17, 15) is 4.79 Å². The number of anilines is 3. The van der Waals surface area contributed by atoms with E-state index in [-0.39, 0.29) is 5.91 Å². The quantitative estimate of drug-likeness (QED) is 0.871. The SMILES string of the molecule is CCN(CC)c1ccc(NC(=O)c2cncc(N3CCCC3)c2)cc1. The minimum atomic E-state index is -0.121. The first-order valence-corrected chi connectivity index (χ1v) is 9.07. The van der Waals surface area contributed by atoms with Gasteiger partial charge in [0.05, 0.1) is 17.4 Å². The predicted molar refractivity (Wildman–Crippen MR) is 104 cm³/mol. The molecule has 1 saturated heterocycles. The van der Waals surface area contributed by atoms with E-state index in [4.69, 9.17) is 0 Å². The van der Waals surface area contributed by atoms with Crippen molar-refractivity contribution in [2.24, 2.45) is 0 Å². The van der Waals surface area contributed by atoms with Crippen molar-refractivity contribution in [1.82, 2.24) is 4.98 Å². The number of aromatic nitrogens is 1. The van der Waals surface area contributed by atoms with E-state index in [1.54, 1.807) is 6.20 Å². The molecule has 5 heteroatoms. The molecule has 0 spiro atoms. The van der Waals surface area contributed by atoms with Crippen molar-refractivity contribution in [3.05, 3.63) is 48.3 Å². The number of pyridine rings is 1. The highest BCUT2D eigenvalue weighted by atomic mass is 16.1. The maximum absolute atomic E-state index is 12.5. The van der Waals surface area contributed by atoms with Gasteiger partial charge in [-0.05, 0) is 57.0 Å². The minimum Gasteiger partial charge on any atom is -0.372 e. The molecular formula is C20H26N4O. The van der Waals surface area contributed by atoms with Gasteiger partial charge in [-0.3, -0.25) is 9.78 Å². The second kappa shape index (κ2) is 8.01. The standard InChI is InChI=1S/C20H26N4O/c1-3-23(4-2)18-9-7-17(8-10-18)22-20(25)16-13-19(15-21-14-16)24-11-5-6-12-24/h7-10,13-15H,3-6,11-12H2,1-2H3,(H,22,25). The first kappa shape index (κ1) is 17.3. The highest BCUT2D eigenvalue weighted by Crippen LogP contribution is 2.21. The molecule has 0 saturated carbocycles. The average molecular weight is 338 g/mol. The van der Waals surface area contributed by atoms with Crippen LogP contribution in [0.1, 0.15) is 37.0 Å². The molecule has 1 aliphatic rings. The molecule has 1 aromatic carbocycles. The summed E-state index contributed by atoms with van der Waals surface area (Å²) < 4.78 is 0. The predicted octanol–water partition coefficient (Wildman–Crippen LogP) is 3.78. The summed E-state index contributed by atoms with van der Waals surface area (Å²) in [5.74, 6) is -0.121. The van der Waals surface area contributed by atoms with E-state index in [2.05, 4.69) is 33.9 Å². The van der Waals surface area contributed by atoms with Crippen LogP contribution in [0, 0.1) is 0 Å². The largest absolute Gasteiger partial charge is 0.372 e. The van der Waals surface area contributed by atoms with E-state index in [1.165, 1.54) is 18.5 Å². The van der Waals surface area contributed by atoms with Crippen molar-refractivity contribution in [3.63, 3.8) is 0 Å². The normalized spacial score (nSPS) is 13.8. The number of nitrogens with zero attached hydrogens (tertiary/aromatic N) is 3. The zero-order chi connectivity index (χ0) is 17.6. The summed E-state index contributed by atoms with van der Waals surface area (Å²) in [6.07, 6.45) is 5.87. The van der Waals surface area contributed by atoms with Crippen LogP contribution in [0.4, 0.5) is 17.1 Å². The summed E-state index contributed by atoms with van der Waals surface area (Å²) in [5, 5.41) is 2.96. The molecule has 0 bridgehead atoms. The van der Waals surface area contributed by atoms with Gasteiger partial charge in [-0.15, -0.1) is 0 Å². The van der Waals surface area contributed by atoms with E-state index < -0.39 is 0 Å². The molecule has 1 N–H and O–H groups in total. The van der Waals surface area contributed by atoms with Gasteiger partial charge in [0.2, 0.25) is 0 Å². The molecule has 0 aliphatic carbocycles. The van der Waals surface area contributed by atoms with E-state index in [1.807, 2.05) is 36.5 Å². The summed E-state index contributed by atoms with van der Waals surface area (Å²) in [4.78, 5) is 21.3. The Morgan fingerprint density at radius 3 is 2.44 bits per heavy atom. The second-order valence-corrected chi connectivity index (χ2v) is 6.30. The molecule has 1 aromatic heterocycles. The fraction of sp³-hybridized carbons (Fsp3) is 0.400. The maximum Gasteiger partial charge on any atom is 0.257 e. The van der Waals surface area contributed by atoms with Crippen molar-refractivity contribution in [2.75, 3.05) is 41.3 Å².